The zero-order chi connectivity index (χ0) is 14.3. The first-order chi connectivity index (χ1) is 9.54. The van der Waals surface area contributed by atoms with Crippen LogP contribution in [0.25, 0.3) is 5.65 Å². The van der Waals surface area contributed by atoms with Gasteiger partial charge in [0.1, 0.15) is 4.60 Å². The zero-order valence-corrected chi connectivity index (χ0v) is 12.8. The number of anilines is 2. The lowest BCUT2D eigenvalue weighted by atomic mass is 10.3. The Hall–Kier alpha value is -1.37. The van der Waals surface area contributed by atoms with Gasteiger partial charge in [-0.25, -0.2) is 14.4 Å². The van der Waals surface area contributed by atoms with E-state index >= 15 is 0 Å². The highest BCUT2D eigenvalue weighted by Gasteiger charge is 2.11. The summed E-state index contributed by atoms with van der Waals surface area (Å²) >= 11 is 14.8. The highest BCUT2D eigenvalue weighted by atomic mass is 79.9. The van der Waals surface area contributed by atoms with Crippen LogP contribution >= 0.6 is 39.1 Å². The van der Waals surface area contributed by atoms with Crippen LogP contribution in [0.1, 0.15) is 0 Å². The molecule has 2 heterocycles. The first-order valence-corrected chi connectivity index (χ1v) is 7.00. The fraction of sp³-hybridized carbons (Fsp3) is 0. The van der Waals surface area contributed by atoms with Gasteiger partial charge in [-0.2, -0.15) is 0 Å². The molecule has 0 spiro atoms. The lowest BCUT2D eigenvalue weighted by Gasteiger charge is -2.09. The minimum absolute atomic E-state index is 0.0608. The molecule has 2 aromatic heterocycles. The predicted octanol–water partition coefficient (Wildman–Crippen LogP) is 4.68. The fourth-order valence-electron chi connectivity index (χ4n) is 1.75. The van der Waals surface area contributed by atoms with E-state index in [-0.39, 0.29) is 10.0 Å². The molecular formula is C12H6BrCl2FN4. The van der Waals surface area contributed by atoms with Crippen molar-refractivity contribution in [2.45, 2.75) is 0 Å². The molecule has 0 fully saturated rings. The van der Waals surface area contributed by atoms with Gasteiger partial charge < -0.3 is 9.72 Å². The molecule has 0 saturated carbocycles. The van der Waals surface area contributed by atoms with Gasteiger partial charge in [-0.15, -0.1) is 0 Å². The van der Waals surface area contributed by atoms with Crippen molar-refractivity contribution in [3.05, 3.63) is 51.2 Å². The standard InChI is InChI=1S/C12H6BrCl2FN4/c13-9-5-20-2-1-17-12(20)11(19-9)18-6-3-7(14)10(16)8(15)4-6/h1-5H,(H,18,19). The molecule has 0 radical (unpaired) electrons. The van der Waals surface area contributed by atoms with Crippen molar-refractivity contribution >= 4 is 56.3 Å². The average molecular weight is 376 g/mol. The summed E-state index contributed by atoms with van der Waals surface area (Å²) in [5, 5.41) is 2.90. The lowest BCUT2D eigenvalue weighted by molar-refractivity contribution is 0.629. The number of imidazole rings is 1. The number of rotatable bonds is 2. The van der Waals surface area contributed by atoms with Crippen molar-refractivity contribution in [1.29, 1.82) is 0 Å². The molecule has 3 rings (SSSR count). The van der Waals surface area contributed by atoms with Crippen LogP contribution in [-0.4, -0.2) is 14.4 Å². The topological polar surface area (TPSA) is 42.2 Å². The van der Waals surface area contributed by atoms with E-state index in [2.05, 4.69) is 31.2 Å². The van der Waals surface area contributed by atoms with Gasteiger partial charge in [0.2, 0.25) is 0 Å². The molecule has 0 bridgehead atoms. The molecular weight excluding hydrogens is 370 g/mol. The molecule has 102 valence electrons. The Kier molecular flexibility index (Phi) is 3.54. The summed E-state index contributed by atoms with van der Waals surface area (Å²) in [5.41, 5.74) is 1.15. The van der Waals surface area contributed by atoms with Crippen LogP contribution in [0.3, 0.4) is 0 Å². The molecule has 0 amide bonds. The largest absolute Gasteiger partial charge is 0.337 e. The van der Waals surface area contributed by atoms with E-state index in [1.807, 2.05) is 0 Å². The Morgan fingerprint density at radius 3 is 2.65 bits per heavy atom. The van der Waals surface area contributed by atoms with E-state index in [0.29, 0.717) is 21.8 Å². The van der Waals surface area contributed by atoms with Crippen LogP contribution in [0, 0.1) is 5.82 Å². The van der Waals surface area contributed by atoms with E-state index in [0.717, 1.165) is 0 Å². The summed E-state index contributed by atoms with van der Waals surface area (Å²) in [6.07, 6.45) is 5.22. The van der Waals surface area contributed by atoms with Gasteiger partial charge in [-0.3, -0.25) is 0 Å². The van der Waals surface area contributed by atoms with E-state index in [9.17, 15) is 4.39 Å². The van der Waals surface area contributed by atoms with Gasteiger partial charge in [-0.05, 0) is 28.1 Å². The van der Waals surface area contributed by atoms with Crippen LogP contribution in [0.4, 0.5) is 15.9 Å². The van der Waals surface area contributed by atoms with Gasteiger partial charge >= 0.3 is 0 Å². The summed E-state index contributed by atoms with van der Waals surface area (Å²) in [7, 11) is 0. The third-order valence-electron chi connectivity index (χ3n) is 2.59. The summed E-state index contributed by atoms with van der Waals surface area (Å²) in [6.45, 7) is 0. The third-order valence-corrected chi connectivity index (χ3v) is 3.52. The minimum atomic E-state index is -0.646. The van der Waals surface area contributed by atoms with Gasteiger partial charge in [-0.1, -0.05) is 23.2 Å². The number of aromatic nitrogens is 3. The molecule has 1 N–H and O–H groups in total. The van der Waals surface area contributed by atoms with Crippen molar-refractivity contribution in [2.75, 3.05) is 5.32 Å². The molecule has 0 aliphatic rings. The SMILES string of the molecule is Fc1c(Cl)cc(Nc2nc(Br)cn3ccnc23)cc1Cl. The fourth-order valence-corrected chi connectivity index (χ4v) is 2.63. The molecule has 1 aromatic carbocycles. The maximum atomic E-state index is 13.4. The Bertz CT molecular complexity index is 782. The molecule has 0 unspecified atom stereocenters. The van der Waals surface area contributed by atoms with Crippen molar-refractivity contribution in [1.82, 2.24) is 14.4 Å². The summed E-state index contributed by atoms with van der Waals surface area (Å²) < 4.78 is 15.8. The van der Waals surface area contributed by atoms with Gasteiger partial charge in [0.15, 0.2) is 17.3 Å². The lowest BCUT2D eigenvalue weighted by Crippen LogP contribution is -1.99. The summed E-state index contributed by atoms with van der Waals surface area (Å²) in [4.78, 5) is 8.49. The highest BCUT2D eigenvalue weighted by molar-refractivity contribution is 9.10. The number of fused-ring (bicyclic) bond motifs is 1. The van der Waals surface area contributed by atoms with Crippen molar-refractivity contribution in [3.8, 4) is 0 Å². The average Bonchev–Trinajstić information content (AvgIpc) is 2.84. The third kappa shape index (κ3) is 2.46. The Morgan fingerprint density at radius 2 is 1.95 bits per heavy atom. The second kappa shape index (κ2) is 5.20. The first-order valence-electron chi connectivity index (χ1n) is 5.45. The van der Waals surface area contributed by atoms with Gasteiger partial charge in [0.25, 0.3) is 0 Å². The molecule has 4 nitrogen and oxygen atoms in total. The minimum Gasteiger partial charge on any atom is -0.337 e. The van der Waals surface area contributed by atoms with Crippen molar-refractivity contribution < 1.29 is 4.39 Å². The number of nitrogens with zero attached hydrogens (tertiary/aromatic N) is 3. The normalized spacial score (nSPS) is 11.0. The second-order valence-corrected chi connectivity index (χ2v) is 5.58. The van der Waals surface area contributed by atoms with E-state index < -0.39 is 5.82 Å². The zero-order valence-electron chi connectivity index (χ0n) is 9.74. The monoisotopic (exact) mass is 374 g/mol. The maximum Gasteiger partial charge on any atom is 0.180 e. The Balaban J connectivity index is 2.07. The first kappa shape index (κ1) is 13.6. The quantitative estimate of drug-likeness (QED) is 0.661. The van der Waals surface area contributed by atoms with Crippen molar-refractivity contribution in [3.63, 3.8) is 0 Å². The van der Waals surface area contributed by atoms with Crippen LogP contribution < -0.4 is 5.32 Å². The molecule has 0 atom stereocenters. The highest BCUT2D eigenvalue weighted by Crippen LogP contribution is 2.29. The molecule has 20 heavy (non-hydrogen) atoms. The Morgan fingerprint density at radius 1 is 1.25 bits per heavy atom. The second-order valence-electron chi connectivity index (χ2n) is 3.95. The number of halogens is 4. The van der Waals surface area contributed by atoms with Gasteiger partial charge in [0.05, 0.1) is 10.0 Å². The number of benzene rings is 1. The maximum absolute atomic E-state index is 13.4. The van der Waals surface area contributed by atoms with Crippen LogP contribution in [0.15, 0.2) is 35.3 Å². The number of nitrogens with one attached hydrogen (secondary N) is 1. The van der Waals surface area contributed by atoms with Crippen LogP contribution in [0.2, 0.25) is 10.0 Å². The van der Waals surface area contributed by atoms with Crippen molar-refractivity contribution in [2.24, 2.45) is 0 Å². The number of hydrogen-bond donors (Lipinski definition) is 1. The molecule has 3 aromatic rings. The molecule has 0 aliphatic heterocycles. The molecule has 8 heteroatoms. The predicted molar refractivity (Wildman–Crippen MR) is 80.4 cm³/mol. The summed E-state index contributed by atoms with van der Waals surface area (Å²) in [5.74, 6) is -0.143. The smallest absolute Gasteiger partial charge is 0.180 e. The van der Waals surface area contributed by atoms with E-state index in [1.165, 1.54) is 12.1 Å². The Labute approximate surface area is 131 Å². The van der Waals surface area contributed by atoms with Gasteiger partial charge in [0, 0.05) is 24.3 Å². The van der Waals surface area contributed by atoms with Crippen LogP contribution in [0.5, 0.6) is 0 Å². The molecule has 0 saturated heterocycles. The van der Waals surface area contributed by atoms with Crippen LogP contribution in [-0.2, 0) is 0 Å². The van der Waals surface area contributed by atoms with E-state index in [1.54, 1.807) is 23.0 Å². The number of hydrogen-bond acceptors (Lipinski definition) is 3. The summed E-state index contributed by atoms with van der Waals surface area (Å²) in [6, 6.07) is 2.87. The molecule has 0 aliphatic carbocycles. The van der Waals surface area contributed by atoms with E-state index in [4.69, 9.17) is 23.2 Å².